The number of rotatable bonds is 11. The topological polar surface area (TPSA) is 112 Å². The summed E-state index contributed by atoms with van der Waals surface area (Å²) < 4.78 is 12.2. The van der Waals surface area contributed by atoms with Crippen LogP contribution in [0, 0.1) is 0 Å². The molecule has 4 aliphatic heterocycles. The van der Waals surface area contributed by atoms with Crippen molar-refractivity contribution in [2.75, 3.05) is 50.8 Å². The van der Waals surface area contributed by atoms with Gasteiger partial charge in [0, 0.05) is 73.9 Å². The van der Waals surface area contributed by atoms with E-state index in [2.05, 4.69) is 63.6 Å². The van der Waals surface area contributed by atoms with Crippen LogP contribution in [-0.2, 0) is 16.1 Å². The highest BCUT2D eigenvalue weighted by molar-refractivity contribution is 6.05. The van der Waals surface area contributed by atoms with E-state index in [0.717, 1.165) is 74.6 Å². The Labute approximate surface area is 310 Å². The zero-order chi connectivity index (χ0) is 36.3. The van der Waals surface area contributed by atoms with Gasteiger partial charge < -0.3 is 24.4 Å². The molecule has 0 spiro atoms. The number of imide groups is 1. The second-order valence-corrected chi connectivity index (χ2v) is 14.6. The lowest BCUT2D eigenvalue weighted by Gasteiger charge is -2.37. The average molecular weight is 715 g/mol. The van der Waals surface area contributed by atoms with E-state index in [1.54, 1.807) is 23.1 Å². The Bertz CT molecular complexity index is 1960. The Morgan fingerprint density at radius 3 is 2.43 bits per heavy atom. The van der Waals surface area contributed by atoms with Crippen molar-refractivity contribution in [1.29, 1.82) is 0 Å². The molecule has 274 valence electrons. The predicted octanol–water partition coefficient (Wildman–Crippen LogP) is 5.83. The highest BCUT2D eigenvalue weighted by Crippen LogP contribution is 2.47. The number of hydrogen-bond donors (Lipinski definition) is 2. The summed E-state index contributed by atoms with van der Waals surface area (Å²) in [7, 11) is 0. The molecule has 0 saturated carbocycles. The number of piperidine rings is 1. The molecule has 2 fully saturated rings. The first kappa shape index (κ1) is 34.7. The number of nitrogens with zero attached hydrogens (tertiary/aromatic N) is 3. The first-order valence-electron chi connectivity index (χ1n) is 18.9. The number of hydrogen-bond acceptors (Lipinski definition) is 8. The summed E-state index contributed by atoms with van der Waals surface area (Å²) >= 11 is 0. The number of unbranched alkanes of at least 4 members (excludes halogenated alkanes) is 2. The standard InChI is InChI=1S/C43H46N4O6/c48-33-13-15-36-39(26-33)53-28-37(29-7-3-1-4-8-29)41(36)30-9-11-32(12-10-30)46-22-20-45(21-23-46)19-5-2-6-24-52-34-14-16-35-31(25-34)27-47(43(35)51)38-17-18-40(49)44-42(38)50/h1,3-4,7-16,25-26,37-38,41,48H,2,5-6,17-24,27-28H2,(H,44,49,50). The lowest BCUT2D eigenvalue weighted by Crippen LogP contribution is -2.52. The van der Waals surface area contributed by atoms with Crippen LogP contribution in [0.4, 0.5) is 5.69 Å². The van der Waals surface area contributed by atoms with Gasteiger partial charge in [0.05, 0.1) is 13.2 Å². The average Bonchev–Trinajstić information content (AvgIpc) is 3.51. The normalized spacial score (nSPS) is 21.5. The number of piperazine rings is 1. The second kappa shape index (κ2) is 15.3. The maximum atomic E-state index is 13.0. The largest absolute Gasteiger partial charge is 0.508 e. The molecule has 0 bridgehead atoms. The quantitative estimate of drug-likeness (QED) is 0.148. The van der Waals surface area contributed by atoms with Gasteiger partial charge in [-0.25, -0.2) is 0 Å². The van der Waals surface area contributed by atoms with Crippen molar-refractivity contribution in [1.82, 2.24) is 15.1 Å². The number of nitrogens with one attached hydrogen (secondary N) is 1. The Morgan fingerprint density at radius 1 is 0.830 bits per heavy atom. The molecule has 3 atom stereocenters. The number of carbonyl (C=O) groups is 3. The fraction of sp³-hybridized carbons (Fsp3) is 0.372. The Kier molecular flexibility index (Phi) is 10.0. The van der Waals surface area contributed by atoms with Gasteiger partial charge in [-0.05, 0) is 85.3 Å². The van der Waals surface area contributed by atoms with E-state index in [0.29, 0.717) is 31.7 Å². The number of fused-ring (bicyclic) bond motifs is 2. The van der Waals surface area contributed by atoms with Crippen molar-refractivity contribution in [2.24, 2.45) is 0 Å². The third kappa shape index (κ3) is 7.46. The molecule has 3 unspecified atom stereocenters. The maximum Gasteiger partial charge on any atom is 0.255 e. The molecule has 0 aliphatic carbocycles. The third-order valence-corrected chi connectivity index (χ3v) is 11.3. The molecule has 3 amide bonds. The molecule has 2 saturated heterocycles. The van der Waals surface area contributed by atoms with Crippen LogP contribution in [0.1, 0.15) is 76.6 Å². The summed E-state index contributed by atoms with van der Waals surface area (Å²) in [5, 5.41) is 12.5. The SMILES string of the molecule is O=C1CCC(N2Cc3cc(OCCCCCN4CCN(c5ccc(C6c7ccc(O)cc7OCC6c6ccccc6)cc5)CC4)ccc3C2=O)C(=O)N1. The minimum atomic E-state index is -0.611. The molecule has 10 nitrogen and oxygen atoms in total. The van der Waals surface area contributed by atoms with E-state index in [9.17, 15) is 19.5 Å². The van der Waals surface area contributed by atoms with Gasteiger partial charge in [-0.15, -0.1) is 0 Å². The first-order valence-corrected chi connectivity index (χ1v) is 18.9. The van der Waals surface area contributed by atoms with Gasteiger partial charge in [-0.2, -0.15) is 0 Å². The van der Waals surface area contributed by atoms with Crippen LogP contribution in [0.5, 0.6) is 17.2 Å². The van der Waals surface area contributed by atoms with Crippen molar-refractivity contribution < 1.29 is 29.0 Å². The third-order valence-electron chi connectivity index (χ3n) is 11.3. The number of ether oxygens (including phenoxy) is 2. The van der Waals surface area contributed by atoms with Crippen molar-refractivity contribution in [3.8, 4) is 17.2 Å². The Balaban J connectivity index is 0.780. The Hall–Kier alpha value is -5.35. The van der Waals surface area contributed by atoms with E-state index < -0.39 is 11.9 Å². The first-order chi connectivity index (χ1) is 25.9. The van der Waals surface area contributed by atoms with Gasteiger partial charge >= 0.3 is 0 Å². The summed E-state index contributed by atoms with van der Waals surface area (Å²) in [4.78, 5) is 43.4. The van der Waals surface area contributed by atoms with E-state index >= 15 is 0 Å². The molecule has 4 heterocycles. The maximum absolute atomic E-state index is 13.0. The minimum absolute atomic E-state index is 0.134. The molecule has 53 heavy (non-hydrogen) atoms. The number of phenols is 1. The van der Waals surface area contributed by atoms with Gasteiger partial charge in [-0.3, -0.25) is 24.6 Å². The monoisotopic (exact) mass is 714 g/mol. The molecule has 0 aromatic heterocycles. The van der Waals surface area contributed by atoms with Gasteiger partial charge in [0.15, 0.2) is 0 Å². The van der Waals surface area contributed by atoms with E-state index in [1.807, 2.05) is 24.3 Å². The molecule has 8 rings (SSSR count). The van der Waals surface area contributed by atoms with Gasteiger partial charge in [0.1, 0.15) is 23.3 Å². The second-order valence-electron chi connectivity index (χ2n) is 14.6. The highest BCUT2D eigenvalue weighted by Gasteiger charge is 2.39. The van der Waals surface area contributed by atoms with Crippen LogP contribution in [-0.4, -0.2) is 84.6 Å². The van der Waals surface area contributed by atoms with Crippen LogP contribution in [0.25, 0.3) is 0 Å². The van der Waals surface area contributed by atoms with Crippen LogP contribution < -0.4 is 19.7 Å². The van der Waals surface area contributed by atoms with Crippen molar-refractivity contribution in [3.63, 3.8) is 0 Å². The van der Waals surface area contributed by atoms with Crippen molar-refractivity contribution >= 4 is 23.4 Å². The van der Waals surface area contributed by atoms with Gasteiger partial charge in [0.2, 0.25) is 11.8 Å². The molecular formula is C43H46N4O6. The predicted molar refractivity (Wildman–Crippen MR) is 202 cm³/mol. The summed E-state index contributed by atoms with van der Waals surface area (Å²) in [6.45, 7) is 6.67. The smallest absolute Gasteiger partial charge is 0.255 e. The van der Waals surface area contributed by atoms with E-state index in [4.69, 9.17) is 9.47 Å². The summed E-state index contributed by atoms with van der Waals surface area (Å²) in [6, 6.07) is 30.0. The van der Waals surface area contributed by atoms with Crippen molar-refractivity contribution in [3.05, 3.63) is 119 Å². The molecule has 2 N–H and O–H groups in total. The molecule has 4 aromatic carbocycles. The number of aromatic hydroxyl groups is 1. The zero-order valence-electron chi connectivity index (χ0n) is 29.9. The summed E-state index contributed by atoms with van der Waals surface area (Å²) in [5.41, 5.74) is 6.32. The molecule has 4 aromatic rings. The summed E-state index contributed by atoms with van der Waals surface area (Å²) in [5.74, 6) is 1.18. The van der Waals surface area contributed by atoms with Crippen LogP contribution in [0.15, 0.2) is 91.0 Å². The Morgan fingerprint density at radius 2 is 1.64 bits per heavy atom. The van der Waals surface area contributed by atoms with Crippen LogP contribution in [0.2, 0.25) is 0 Å². The van der Waals surface area contributed by atoms with Gasteiger partial charge in [0.25, 0.3) is 5.91 Å². The van der Waals surface area contributed by atoms with Crippen LogP contribution >= 0.6 is 0 Å². The number of carbonyl (C=O) groups excluding carboxylic acids is 3. The minimum Gasteiger partial charge on any atom is -0.508 e. The molecule has 0 radical (unpaired) electrons. The zero-order valence-corrected chi connectivity index (χ0v) is 29.9. The van der Waals surface area contributed by atoms with Crippen molar-refractivity contribution in [2.45, 2.75) is 56.5 Å². The highest BCUT2D eigenvalue weighted by atomic mass is 16.5. The molecular weight excluding hydrogens is 668 g/mol. The number of amides is 3. The van der Waals surface area contributed by atoms with E-state index in [1.165, 1.54) is 16.8 Å². The number of anilines is 1. The fourth-order valence-electron chi connectivity index (χ4n) is 8.37. The molecule has 10 heteroatoms. The van der Waals surface area contributed by atoms with Gasteiger partial charge in [-0.1, -0.05) is 48.5 Å². The van der Waals surface area contributed by atoms with Crippen LogP contribution in [0.3, 0.4) is 0 Å². The fourth-order valence-corrected chi connectivity index (χ4v) is 8.37. The summed E-state index contributed by atoms with van der Waals surface area (Å²) in [6.07, 6.45) is 3.75. The van der Waals surface area contributed by atoms with E-state index in [-0.39, 0.29) is 35.8 Å². The number of benzene rings is 4. The number of phenolic OH excluding ortho intramolecular Hbond substituents is 1. The molecule has 4 aliphatic rings. The lowest BCUT2D eigenvalue weighted by atomic mass is 9.76. The lowest BCUT2D eigenvalue weighted by molar-refractivity contribution is -0.136.